The number of fused-ring (bicyclic) bond motifs is 1. The second kappa shape index (κ2) is 14.5. The van der Waals surface area contributed by atoms with E-state index in [4.69, 9.17) is 9.47 Å². The Bertz CT molecular complexity index is 1220. The van der Waals surface area contributed by atoms with Gasteiger partial charge in [0.1, 0.15) is 17.7 Å². The van der Waals surface area contributed by atoms with Gasteiger partial charge in [0.15, 0.2) is 0 Å². The van der Waals surface area contributed by atoms with Crippen LogP contribution in [0, 0.1) is 11.8 Å². The number of hydrogen-bond donors (Lipinski definition) is 1. The molecule has 3 amide bonds. The number of ether oxygens (including phenoxy) is 2. The van der Waals surface area contributed by atoms with Gasteiger partial charge < -0.3 is 29.3 Å². The summed E-state index contributed by atoms with van der Waals surface area (Å²) >= 11 is 0. The third-order valence-corrected chi connectivity index (χ3v) is 9.47. The topological polar surface area (TPSA) is 117 Å². The summed E-state index contributed by atoms with van der Waals surface area (Å²) in [5.74, 6) is -3.16. The summed E-state index contributed by atoms with van der Waals surface area (Å²) in [6.07, 6.45) is 5.43. The van der Waals surface area contributed by atoms with Gasteiger partial charge in [0.2, 0.25) is 17.7 Å². The predicted octanol–water partition coefficient (Wildman–Crippen LogP) is 3.27. The molecule has 10 heteroatoms. The molecule has 240 valence electrons. The van der Waals surface area contributed by atoms with Crippen LogP contribution in [0.2, 0.25) is 0 Å². The molecule has 44 heavy (non-hydrogen) atoms. The Morgan fingerprint density at radius 3 is 2.59 bits per heavy atom. The van der Waals surface area contributed by atoms with Crippen molar-refractivity contribution in [3.63, 3.8) is 0 Å². The molecule has 0 aliphatic carbocycles. The highest BCUT2D eigenvalue weighted by molar-refractivity contribution is 5.98. The molecule has 0 saturated carbocycles. The molecule has 3 heterocycles. The van der Waals surface area contributed by atoms with Crippen LogP contribution in [0.25, 0.3) is 0 Å². The maximum Gasteiger partial charge on any atom is 0.313 e. The summed E-state index contributed by atoms with van der Waals surface area (Å²) in [7, 11) is 1.69. The number of hydrogen-bond acceptors (Lipinski definition) is 7. The Balaban J connectivity index is 1.65. The van der Waals surface area contributed by atoms with Crippen LogP contribution < -0.4 is 0 Å². The summed E-state index contributed by atoms with van der Waals surface area (Å²) in [5.41, 5.74) is -0.464. The summed E-state index contributed by atoms with van der Waals surface area (Å²) in [4.78, 5) is 59.8. The number of likely N-dealkylation sites (N-methyl/N-ethyl adjacent to an activating group) is 1. The van der Waals surface area contributed by atoms with Crippen LogP contribution >= 0.6 is 0 Å². The maximum absolute atomic E-state index is 14.1. The molecule has 1 aromatic rings. The fourth-order valence-electron chi connectivity index (χ4n) is 7.14. The van der Waals surface area contributed by atoms with Crippen LogP contribution in [0.15, 0.2) is 55.6 Å². The van der Waals surface area contributed by atoms with E-state index in [9.17, 15) is 24.3 Å². The molecule has 10 nitrogen and oxygen atoms in total. The van der Waals surface area contributed by atoms with E-state index in [0.29, 0.717) is 32.4 Å². The standard InChI is InChI=1S/C34H47N3O7/c1-6-9-16-26(39)35(5)23(4)29(24-14-12-11-13-15-24)43-33(42)27-25-17-18-34(44-25)28(27)31(40)37(21-22-38)30(34)32(41)36(19-8-3)20-10-7-2/h6,8,11-15,23,25,27-30,38H,1,3,7,9-10,16-22H2,2,4-5H3/t23-,25-,27+,28+,29+,30-,34+/m1/s1. The molecule has 3 aliphatic heterocycles. The molecular weight excluding hydrogens is 562 g/mol. The number of carbonyl (C=O) groups is 4. The second-order valence-electron chi connectivity index (χ2n) is 12.1. The van der Waals surface area contributed by atoms with Gasteiger partial charge in [-0.15, -0.1) is 13.2 Å². The second-order valence-corrected chi connectivity index (χ2v) is 12.1. The van der Waals surface area contributed by atoms with Crippen LogP contribution in [0.3, 0.4) is 0 Å². The Hall–Kier alpha value is -3.50. The molecule has 0 aromatic heterocycles. The van der Waals surface area contributed by atoms with Crippen molar-refractivity contribution in [2.24, 2.45) is 11.8 Å². The van der Waals surface area contributed by atoms with Gasteiger partial charge in [-0.3, -0.25) is 19.2 Å². The van der Waals surface area contributed by atoms with Crippen LogP contribution in [0.1, 0.15) is 64.0 Å². The zero-order chi connectivity index (χ0) is 32.0. The number of allylic oxidation sites excluding steroid dienone is 1. The molecule has 3 fully saturated rings. The number of rotatable bonds is 16. The fourth-order valence-corrected chi connectivity index (χ4v) is 7.14. The van der Waals surface area contributed by atoms with Gasteiger partial charge >= 0.3 is 5.97 Å². The summed E-state index contributed by atoms with van der Waals surface area (Å²) < 4.78 is 12.7. The number of esters is 1. The van der Waals surface area contributed by atoms with Gasteiger partial charge in [-0.1, -0.05) is 55.8 Å². The van der Waals surface area contributed by atoms with Crippen molar-refractivity contribution in [1.29, 1.82) is 0 Å². The van der Waals surface area contributed by atoms with E-state index < -0.39 is 47.7 Å². The van der Waals surface area contributed by atoms with E-state index in [1.807, 2.05) is 44.2 Å². The molecule has 0 unspecified atom stereocenters. The van der Waals surface area contributed by atoms with Crippen molar-refractivity contribution in [2.75, 3.05) is 33.3 Å². The quantitative estimate of drug-likeness (QED) is 0.226. The number of amides is 3. The predicted molar refractivity (Wildman–Crippen MR) is 165 cm³/mol. The number of β-amino-alcohol motifs (C(OH)–C–C–N with tert-alkyl or cyclic N) is 1. The molecule has 3 aliphatic rings. The Morgan fingerprint density at radius 2 is 1.95 bits per heavy atom. The monoisotopic (exact) mass is 609 g/mol. The van der Waals surface area contributed by atoms with Crippen molar-refractivity contribution in [3.8, 4) is 0 Å². The number of aliphatic hydroxyl groups excluding tert-OH is 1. The lowest BCUT2D eigenvalue weighted by atomic mass is 9.70. The lowest BCUT2D eigenvalue weighted by molar-refractivity contribution is -0.164. The number of carbonyl (C=O) groups excluding carboxylic acids is 4. The molecular formula is C34H47N3O7. The highest BCUT2D eigenvalue weighted by Crippen LogP contribution is 2.59. The smallest absolute Gasteiger partial charge is 0.313 e. The Morgan fingerprint density at radius 1 is 1.23 bits per heavy atom. The maximum atomic E-state index is 14.1. The molecule has 1 aromatic carbocycles. The van der Waals surface area contributed by atoms with E-state index in [-0.39, 0.29) is 37.3 Å². The molecule has 3 saturated heterocycles. The highest BCUT2D eigenvalue weighted by Gasteiger charge is 2.75. The van der Waals surface area contributed by atoms with Gasteiger partial charge in [-0.05, 0) is 38.2 Å². The van der Waals surface area contributed by atoms with E-state index in [0.717, 1.165) is 18.4 Å². The van der Waals surface area contributed by atoms with E-state index in [1.165, 1.54) is 4.90 Å². The minimum Gasteiger partial charge on any atom is -0.455 e. The number of unbranched alkanes of at least 4 members (excludes halogenated alkanes) is 1. The first kappa shape index (κ1) is 33.4. The molecule has 1 N–H and O–H groups in total. The minimum absolute atomic E-state index is 0.0414. The molecule has 4 rings (SSSR count). The van der Waals surface area contributed by atoms with Gasteiger partial charge in [-0.2, -0.15) is 0 Å². The van der Waals surface area contributed by atoms with Crippen molar-refractivity contribution in [2.45, 2.75) is 82.3 Å². The van der Waals surface area contributed by atoms with Crippen LogP contribution in [0.4, 0.5) is 0 Å². The number of aliphatic hydroxyl groups is 1. The number of benzene rings is 1. The first-order valence-corrected chi connectivity index (χ1v) is 15.8. The third kappa shape index (κ3) is 6.19. The largest absolute Gasteiger partial charge is 0.455 e. The lowest BCUT2D eigenvalue weighted by Crippen LogP contribution is -2.56. The third-order valence-electron chi connectivity index (χ3n) is 9.47. The first-order valence-electron chi connectivity index (χ1n) is 15.8. The molecule has 1 spiro atoms. The number of nitrogens with zero attached hydrogens (tertiary/aromatic N) is 3. The molecule has 7 atom stereocenters. The summed E-state index contributed by atoms with van der Waals surface area (Å²) in [6.45, 7) is 11.8. The van der Waals surface area contributed by atoms with Crippen molar-refractivity contribution in [1.82, 2.24) is 14.7 Å². The zero-order valence-corrected chi connectivity index (χ0v) is 26.2. The fraction of sp³-hybridized carbons (Fsp3) is 0.588. The van der Waals surface area contributed by atoms with Gasteiger partial charge in [0.05, 0.1) is 30.6 Å². The minimum atomic E-state index is -1.19. The summed E-state index contributed by atoms with van der Waals surface area (Å²) in [5, 5.41) is 9.88. The van der Waals surface area contributed by atoms with Crippen LogP contribution in [0.5, 0.6) is 0 Å². The Labute approximate surface area is 260 Å². The molecule has 0 radical (unpaired) electrons. The van der Waals surface area contributed by atoms with Crippen LogP contribution in [-0.2, 0) is 28.7 Å². The van der Waals surface area contributed by atoms with E-state index >= 15 is 0 Å². The van der Waals surface area contributed by atoms with Crippen molar-refractivity contribution >= 4 is 23.7 Å². The Kier molecular flexibility index (Phi) is 11.0. The van der Waals surface area contributed by atoms with E-state index in [1.54, 1.807) is 29.0 Å². The average molecular weight is 610 g/mol. The van der Waals surface area contributed by atoms with E-state index in [2.05, 4.69) is 13.2 Å². The van der Waals surface area contributed by atoms with Gasteiger partial charge in [0, 0.05) is 33.1 Å². The zero-order valence-electron chi connectivity index (χ0n) is 26.2. The first-order chi connectivity index (χ1) is 21.2. The van der Waals surface area contributed by atoms with Crippen molar-refractivity contribution in [3.05, 3.63) is 61.2 Å². The molecule has 2 bridgehead atoms. The number of likely N-dealkylation sites (tertiary alicyclic amines) is 1. The normalized spacial score (nSPS) is 26.5. The van der Waals surface area contributed by atoms with Crippen LogP contribution in [-0.4, -0.2) is 101 Å². The van der Waals surface area contributed by atoms with Gasteiger partial charge in [0.25, 0.3) is 0 Å². The lowest BCUT2D eigenvalue weighted by Gasteiger charge is -2.36. The summed E-state index contributed by atoms with van der Waals surface area (Å²) in [6, 6.07) is 7.78. The SMILES string of the molecule is C=CCCC(=O)N(C)[C@H](C)[C@H](OC(=O)[C@@H]1[C@H]2C(=O)N(CCO)[C@H](C(=O)N(CC=C)CCCC)[C@]23CC[C@H]1O3)c1ccccc1. The van der Waals surface area contributed by atoms with Crippen molar-refractivity contribution < 1.29 is 33.8 Å². The average Bonchev–Trinajstić information content (AvgIpc) is 3.67. The highest BCUT2D eigenvalue weighted by atomic mass is 16.6. The van der Waals surface area contributed by atoms with Gasteiger partial charge in [-0.25, -0.2) is 0 Å².